The van der Waals surface area contributed by atoms with Crippen LogP contribution in [0.3, 0.4) is 0 Å². The lowest BCUT2D eigenvalue weighted by atomic mass is 9.95. The van der Waals surface area contributed by atoms with Crippen molar-refractivity contribution >= 4 is 0 Å². The number of benzene rings is 11. The molecule has 0 saturated carbocycles. The van der Waals surface area contributed by atoms with Crippen LogP contribution in [0.15, 0.2) is 334 Å². The Kier molecular flexibility index (Phi) is 30.0. The maximum absolute atomic E-state index is 7.94. The third-order valence-corrected chi connectivity index (χ3v) is 19.8. The van der Waals surface area contributed by atoms with E-state index < -0.39 is 92.1 Å². The van der Waals surface area contributed by atoms with E-state index in [1.807, 2.05) is 334 Å². The van der Waals surface area contributed by atoms with E-state index in [0.29, 0.717) is 6.61 Å². The van der Waals surface area contributed by atoms with Crippen LogP contribution in [0, 0.1) is 0 Å². The fourth-order valence-electron chi connectivity index (χ4n) is 14.0. The summed E-state index contributed by atoms with van der Waals surface area (Å²) < 4.78 is 118. The van der Waals surface area contributed by atoms with Crippen LogP contribution < -0.4 is 0 Å². The molecule has 3 aliphatic rings. The summed E-state index contributed by atoms with van der Waals surface area (Å²) in [5, 5.41) is 0. The van der Waals surface area contributed by atoms with Gasteiger partial charge in [-0.2, -0.15) is 0 Å². The van der Waals surface area contributed by atoms with Gasteiger partial charge < -0.3 is 75.8 Å². The van der Waals surface area contributed by atoms with Gasteiger partial charge in [0, 0.05) is 0 Å². The molecule has 3 fully saturated rings. The van der Waals surface area contributed by atoms with Crippen LogP contribution in [0.1, 0.15) is 61.2 Å². The van der Waals surface area contributed by atoms with Gasteiger partial charge in [-0.1, -0.05) is 334 Å². The van der Waals surface area contributed by atoms with Crippen LogP contribution in [0.25, 0.3) is 0 Å². The van der Waals surface area contributed by atoms with Gasteiger partial charge in [-0.3, -0.25) is 0 Å². The Morgan fingerprint density at radius 2 is 0.333 bits per heavy atom. The summed E-state index contributed by atoms with van der Waals surface area (Å²) in [5.74, 6) is 0. The molecular weight excluding hydrogens is 1400 g/mol. The van der Waals surface area contributed by atoms with Gasteiger partial charge in [-0.05, 0) is 61.2 Å². The molecule has 111 heavy (non-hydrogen) atoms. The first-order chi connectivity index (χ1) is 55.0. The summed E-state index contributed by atoms with van der Waals surface area (Å²) in [5.41, 5.74) is 10.3. The molecule has 0 spiro atoms. The van der Waals surface area contributed by atoms with Gasteiger partial charge in [-0.25, -0.2) is 0 Å². The average Bonchev–Trinajstić information content (AvgIpc) is 0.764. The molecule has 0 aromatic heterocycles. The molecule has 11 aromatic rings. The van der Waals surface area contributed by atoms with Crippen molar-refractivity contribution in [3.05, 3.63) is 395 Å². The Balaban J connectivity index is 0.898. The largest absolute Gasteiger partial charge is 0.374 e. The van der Waals surface area contributed by atoms with E-state index in [1.54, 1.807) is 0 Å². The van der Waals surface area contributed by atoms with Crippen LogP contribution >= 0.6 is 0 Å². The lowest BCUT2D eigenvalue weighted by Crippen LogP contribution is -2.68. The minimum Gasteiger partial charge on any atom is -0.374 e. The summed E-state index contributed by atoms with van der Waals surface area (Å²) in [6, 6.07) is 111. The summed E-state index contributed by atoms with van der Waals surface area (Å²) in [6.45, 7) is 2.15. The van der Waals surface area contributed by atoms with Crippen molar-refractivity contribution in [2.75, 3.05) is 19.8 Å². The quantitative estimate of drug-likeness (QED) is 0.0358. The monoisotopic (exact) mass is 1490 g/mol. The van der Waals surface area contributed by atoms with E-state index in [1.165, 1.54) is 0 Å². The molecule has 3 aliphatic heterocycles. The third kappa shape index (κ3) is 23.4. The van der Waals surface area contributed by atoms with E-state index in [-0.39, 0.29) is 85.9 Å². The Bertz CT molecular complexity index is 4330. The van der Waals surface area contributed by atoms with Crippen molar-refractivity contribution in [2.45, 2.75) is 165 Å². The predicted octanol–water partition coefficient (Wildman–Crippen LogP) is 16.9. The minimum atomic E-state index is -1.31. The molecule has 0 radical (unpaired) electrons. The zero-order chi connectivity index (χ0) is 75.1. The Morgan fingerprint density at radius 3 is 0.577 bits per heavy atom. The second-order valence-electron chi connectivity index (χ2n) is 28.0. The average molecular weight is 1500 g/mol. The van der Waals surface area contributed by atoms with Gasteiger partial charge in [0.15, 0.2) is 18.9 Å². The number of hydrogen-bond acceptors (Lipinski definition) is 16. The van der Waals surface area contributed by atoms with E-state index in [2.05, 4.69) is 0 Å². The normalized spacial score (nSPS) is 23.9. The van der Waals surface area contributed by atoms with Crippen LogP contribution in [0.4, 0.5) is 0 Å². The van der Waals surface area contributed by atoms with Crippen molar-refractivity contribution in [3.63, 3.8) is 0 Å². The second-order valence-corrected chi connectivity index (χ2v) is 28.0. The van der Waals surface area contributed by atoms with Crippen LogP contribution in [-0.2, 0) is 148 Å². The first kappa shape index (κ1) is 78.5. The summed E-state index contributed by atoms with van der Waals surface area (Å²) in [7, 11) is 0. The molecule has 3 heterocycles. The zero-order valence-corrected chi connectivity index (χ0v) is 62.3. The van der Waals surface area contributed by atoms with Gasteiger partial charge in [0.25, 0.3) is 0 Å². The Labute approximate surface area is 651 Å². The number of ether oxygens (including phenoxy) is 16. The molecule has 0 unspecified atom stereocenters. The van der Waals surface area contributed by atoms with Gasteiger partial charge >= 0.3 is 0 Å². The number of rotatable bonds is 40. The topological polar surface area (TPSA) is 148 Å². The molecule has 14 rings (SSSR count). The molecule has 15 atom stereocenters. The fraction of sp³-hybridized carbons (Fsp3) is 0.305. The lowest BCUT2D eigenvalue weighted by Gasteiger charge is -2.52. The maximum Gasteiger partial charge on any atom is 0.187 e. The molecule has 16 heteroatoms. The molecule has 16 nitrogen and oxygen atoms in total. The Morgan fingerprint density at radius 1 is 0.162 bits per heavy atom. The summed E-state index contributed by atoms with van der Waals surface area (Å²) >= 11 is 0. The highest BCUT2D eigenvalue weighted by Crippen LogP contribution is 2.40. The molecular formula is C95H98O16. The second kappa shape index (κ2) is 42.4. The van der Waals surface area contributed by atoms with Crippen molar-refractivity contribution in [1.29, 1.82) is 0 Å². The molecule has 11 aromatic carbocycles. The summed E-state index contributed by atoms with van der Waals surface area (Å²) in [4.78, 5) is 0. The predicted molar refractivity (Wildman–Crippen MR) is 420 cm³/mol. The zero-order valence-electron chi connectivity index (χ0n) is 62.3. The molecule has 0 aliphatic carbocycles. The van der Waals surface area contributed by atoms with Gasteiger partial charge in [0.2, 0.25) is 0 Å². The Hall–Kier alpha value is -9.22. The molecule has 0 N–H and O–H groups in total. The highest BCUT2D eigenvalue weighted by atomic mass is 16.8. The van der Waals surface area contributed by atoms with E-state index in [0.717, 1.165) is 61.2 Å². The van der Waals surface area contributed by atoms with E-state index in [9.17, 15) is 0 Å². The molecule has 574 valence electrons. The highest BCUT2D eigenvalue weighted by molar-refractivity contribution is 5.22. The molecule has 0 bridgehead atoms. The lowest BCUT2D eigenvalue weighted by molar-refractivity contribution is -0.395. The highest BCUT2D eigenvalue weighted by Gasteiger charge is 2.57. The molecule has 0 amide bonds. The standard InChI is InChI=1S/C95H98O16/c1-12-34-70(35-13-1)56-96-67-81-84(99-59-73-40-18-4-19-41-73)87(100-60-74-42-20-5-21-43-74)91(104-64-78-50-28-9-29-51-78)94(108-81)111-86-83(69-98-58-72-38-16-3-17-39-72)109-95(92(105-65-79-52-30-10-31-53-79)89(86)102-62-76-46-24-7-25-47-76)110-85-82(68-97-57-71-36-14-2-15-37-71)107-93(106-66-80-54-32-11-33-55-80)90(103-63-77-48-26-8-27-49-77)88(85)101-61-75-44-22-6-23-45-75/h1-55,81-95H,56-69H2/t81-,82-,83-,84-,85-,86-,87+,88+,89+,90-,91-,92-,93+,94+,95-/m1/s1. The third-order valence-electron chi connectivity index (χ3n) is 19.8. The number of hydrogen-bond donors (Lipinski definition) is 0. The minimum absolute atomic E-state index is 0.0239. The van der Waals surface area contributed by atoms with Crippen LogP contribution in [0.5, 0.6) is 0 Å². The van der Waals surface area contributed by atoms with Crippen molar-refractivity contribution in [1.82, 2.24) is 0 Å². The molecule has 3 saturated heterocycles. The van der Waals surface area contributed by atoms with Gasteiger partial charge in [0.05, 0.1) is 92.5 Å². The first-order valence-electron chi connectivity index (χ1n) is 38.4. The van der Waals surface area contributed by atoms with Crippen molar-refractivity contribution in [2.24, 2.45) is 0 Å². The maximum atomic E-state index is 7.94. The van der Waals surface area contributed by atoms with E-state index in [4.69, 9.17) is 75.8 Å². The van der Waals surface area contributed by atoms with Crippen LogP contribution in [-0.4, -0.2) is 112 Å². The smallest absolute Gasteiger partial charge is 0.187 e. The van der Waals surface area contributed by atoms with Gasteiger partial charge in [-0.15, -0.1) is 0 Å². The van der Waals surface area contributed by atoms with E-state index >= 15 is 0 Å². The van der Waals surface area contributed by atoms with Crippen molar-refractivity contribution in [3.8, 4) is 0 Å². The summed E-state index contributed by atoms with van der Waals surface area (Å²) in [6.07, 6.45) is -15.2. The first-order valence-corrected chi connectivity index (χ1v) is 38.4. The fourth-order valence-corrected chi connectivity index (χ4v) is 14.0. The van der Waals surface area contributed by atoms with Crippen LogP contribution in [0.2, 0.25) is 0 Å². The SMILES string of the molecule is c1ccc(COC[C@H]2O[C@@H](O[C@H]3[C@H](OCc4ccccc4)[C@@H](OCc4ccccc4)[C@@H](O[C@H]4[C@H](OCc5ccccc5)[C@@H](OCc5ccccc5)[C@@H](OCc5ccccc5)O[C@@H]4COCc4ccccc4)O[C@@H]3COCc3ccccc3)[C@H](OCc3ccccc3)[C@@H](OCc3ccccc3)[C@@H]2OCc2ccccc2)cc1. The van der Waals surface area contributed by atoms with Crippen molar-refractivity contribution < 1.29 is 75.8 Å². The van der Waals surface area contributed by atoms with Gasteiger partial charge in [0.1, 0.15) is 73.2 Å².